The zero-order chi connectivity index (χ0) is 10.7. The summed E-state index contributed by atoms with van der Waals surface area (Å²) in [5.41, 5.74) is 0. The number of hydrogen-bond acceptors (Lipinski definition) is 4. The van der Waals surface area contributed by atoms with E-state index in [-0.39, 0.29) is 12.0 Å². The summed E-state index contributed by atoms with van der Waals surface area (Å²) in [6.07, 6.45) is 3.73. The maximum atomic E-state index is 11.8. The Morgan fingerprint density at radius 3 is 2.47 bits per heavy atom. The Bertz CT molecular complexity index is 223. The molecular formula is C11H20N2O2. The molecule has 2 aliphatic rings. The van der Waals surface area contributed by atoms with Crippen LogP contribution in [0, 0.1) is 5.92 Å². The summed E-state index contributed by atoms with van der Waals surface area (Å²) in [6.45, 7) is 4.01. The summed E-state index contributed by atoms with van der Waals surface area (Å²) in [7, 11) is 1.49. The molecule has 0 saturated carbocycles. The molecule has 2 saturated heterocycles. The van der Waals surface area contributed by atoms with Gasteiger partial charge in [-0.25, -0.2) is 0 Å². The predicted molar refractivity (Wildman–Crippen MR) is 57.6 cm³/mol. The van der Waals surface area contributed by atoms with Crippen LogP contribution in [-0.2, 0) is 9.53 Å². The van der Waals surface area contributed by atoms with E-state index in [1.165, 1.54) is 26.4 Å². The van der Waals surface area contributed by atoms with Crippen molar-refractivity contribution in [2.45, 2.75) is 25.3 Å². The number of nitrogens with zero attached hydrogens (tertiary/aromatic N) is 1. The van der Waals surface area contributed by atoms with E-state index >= 15 is 0 Å². The molecule has 1 N–H and O–H groups in total. The van der Waals surface area contributed by atoms with Crippen LogP contribution in [0.3, 0.4) is 0 Å². The highest BCUT2D eigenvalue weighted by Gasteiger charge is 2.37. The van der Waals surface area contributed by atoms with Crippen molar-refractivity contribution >= 4 is 5.97 Å². The molecule has 0 aromatic carbocycles. The summed E-state index contributed by atoms with van der Waals surface area (Å²) in [4.78, 5) is 14.1. The first-order valence-electron chi connectivity index (χ1n) is 5.85. The summed E-state index contributed by atoms with van der Waals surface area (Å²) in [6, 6.07) is -0.00319. The highest BCUT2D eigenvalue weighted by Crippen LogP contribution is 2.21. The molecule has 15 heavy (non-hydrogen) atoms. The van der Waals surface area contributed by atoms with Crippen molar-refractivity contribution in [1.82, 2.24) is 10.2 Å². The fourth-order valence-electron chi connectivity index (χ4n) is 2.49. The lowest BCUT2D eigenvalue weighted by atomic mass is 9.91. The molecule has 0 aliphatic carbocycles. The second-order valence-corrected chi connectivity index (χ2v) is 4.48. The number of nitrogens with one attached hydrogen (secondary N) is 1. The van der Waals surface area contributed by atoms with Crippen LogP contribution in [-0.4, -0.2) is 50.2 Å². The topological polar surface area (TPSA) is 41.6 Å². The summed E-state index contributed by atoms with van der Waals surface area (Å²) in [5.74, 6) is 0.402. The molecule has 0 radical (unpaired) electrons. The lowest BCUT2D eigenvalue weighted by molar-refractivity contribution is -0.150. The van der Waals surface area contributed by atoms with Crippen LogP contribution >= 0.6 is 0 Å². The van der Waals surface area contributed by atoms with Crippen molar-refractivity contribution in [1.29, 1.82) is 0 Å². The molecule has 0 spiro atoms. The lowest BCUT2D eigenvalue weighted by Crippen LogP contribution is -2.58. The number of piperidine rings is 1. The van der Waals surface area contributed by atoms with Gasteiger partial charge >= 0.3 is 5.97 Å². The molecule has 1 unspecified atom stereocenters. The zero-order valence-corrected chi connectivity index (χ0v) is 9.37. The summed E-state index contributed by atoms with van der Waals surface area (Å²) < 4.78 is 4.91. The fraction of sp³-hybridized carbons (Fsp3) is 0.909. The Morgan fingerprint density at radius 1 is 1.33 bits per heavy atom. The van der Waals surface area contributed by atoms with Gasteiger partial charge in [-0.3, -0.25) is 9.69 Å². The van der Waals surface area contributed by atoms with E-state index in [0.717, 1.165) is 26.2 Å². The summed E-state index contributed by atoms with van der Waals surface area (Å²) in [5, 5.41) is 3.23. The number of hydrogen-bond donors (Lipinski definition) is 1. The van der Waals surface area contributed by atoms with E-state index in [4.69, 9.17) is 4.74 Å². The highest BCUT2D eigenvalue weighted by molar-refractivity contribution is 5.76. The van der Waals surface area contributed by atoms with E-state index in [1.807, 2.05) is 0 Å². The number of likely N-dealkylation sites (tertiary alicyclic amines) is 1. The summed E-state index contributed by atoms with van der Waals surface area (Å²) >= 11 is 0. The zero-order valence-electron chi connectivity index (χ0n) is 9.37. The molecule has 0 amide bonds. The average molecular weight is 212 g/mol. The Labute approximate surface area is 91.0 Å². The van der Waals surface area contributed by atoms with Crippen molar-refractivity contribution in [2.75, 3.05) is 33.3 Å². The standard InChI is InChI=1S/C11H20N2O2/c1-15-11(14)10(9-7-12-8-9)13-5-3-2-4-6-13/h9-10,12H,2-8H2,1H3. The van der Waals surface area contributed by atoms with Crippen LogP contribution in [0.5, 0.6) is 0 Å². The molecule has 86 valence electrons. The highest BCUT2D eigenvalue weighted by atomic mass is 16.5. The van der Waals surface area contributed by atoms with E-state index in [9.17, 15) is 4.79 Å². The second kappa shape index (κ2) is 4.94. The molecule has 4 nitrogen and oxygen atoms in total. The smallest absolute Gasteiger partial charge is 0.323 e. The van der Waals surface area contributed by atoms with Gasteiger partial charge in [0.1, 0.15) is 6.04 Å². The second-order valence-electron chi connectivity index (χ2n) is 4.48. The third kappa shape index (κ3) is 2.32. The maximum absolute atomic E-state index is 11.8. The van der Waals surface area contributed by atoms with Crippen molar-refractivity contribution in [3.63, 3.8) is 0 Å². The van der Waals surface area contributed by atoms with Crippen LogP contribution in [0.1, 0.15) is 19.3 Å². The van der Waals surface area contributed by atoms with E-state index < -0.39 is 0 Å². The first-order chi connectivity index (χ1) is 7.33. The molecule has 2 fully saturated rings. The Kier molecular flexibility index (Phi) is 3.59. The molecule has 1 atom stereocenters. The molecule has 4 heteroatoms. The third-order valence-electron chi connectivity index (χ3n) is 3.49. The number of carbonyl (C=O) groups is 1. The van der Waals surface area contributed by atoms with Gasteiger partial charge < -0.3 is 10.1 Å². The van der Waals surface area contributed by atoms with Gasteiger partial charge in [0, 0.05) is 19.0 Å². The number of esters is 1. The quantitative estimate of drug-likeness (QED) is 0.680. The van der Waals surface area contributed by atoms with Gasteiger partial charge in [-0.05, 0) is 25.9 Å². The van der Waals surface area contributed by atoms with Crippen LogP contribution in [0.2, 0.25) is 0 Å². The minimum absolute atomic E-state index is 0.00319. The van der Waals surface area contributed by atoms with Crippen LogP contribution < -0.4 is 5.32 Å². The van der Waals surface area contributed by atoms with Crippen molar-refractivity contribution in [2.24, 2.45) is 5.92 Å². The number of ether oxygens (including phenoxy) is 1. The molecule has 0 aromatic heterocycles. The van der Waals surface area contributed by atoms with E-state index in [2.05, 4.69) is 10.2 Å². The third-order valence-corrected chi connectivity index (χ3v) is 3.49. The van der Waals surface area contributed by atoms with Crippen molar-refractivity contribution < 1.29 is 9.53 Å². The van der Waals surface area contributed by atoms with Gasteiger partial charge in [-0.1, -0.05) is 6.42 Å². The lowest BCUT2D eigenvalue weighted by Gasteiger charge is -2.41. The molecule has 2 rings (SSSR count). The number of rotatable bonds is 3. The molecule has 2 aliphatic heterocycles. The largest absolute Gasteiger partial charge is 0.468 e. The first-order valence-corrected chi connectivity index (χ1v) is 5.85. The van der Waals surface area contributed by atoms with E-state index in [0.29, 0.717) is 5.92 Å². The van der Waals surface area contributed by atoms with Gasteiger partial charge in [0.05, 0.1) is 7.11 Å². The minimum Gasteiger partial charge on any atom is -0.468 e. The van der Waals surface area contributed by atoms with Gasteiger partial charge in [0.15, 0.2) is 0 Å². The number of methoxy groups -OCH3 is 1. The Hall–Kier alpha value is -0.610. The van der Waals surface area contributed by atoms with Gasteiger partial charge in [0.2, 0.25) is 0 Å². The minimum atomic E-state index is -0.0524. The van der Waals surface area contributed by atoms with Crippen molar-refractivity contribution in [3.8, 4) is 0 Å². The maximum Gasteiger partial charge on any atom is 0.323 e. The van der Waals surface area contributed by atoms with Crippen LogP contribution in [0.25, 0.3) is 0 Å². The van der Waals surface area contributed by atoms with Gasteiger partial charge in [0.25, 0.3) is 0 Å². The molecule has 2 heterocycles. The van der Waals surface area contributed by atoms with Gasteiger partial charge in [-0.15, -0.1) is 0 Å². The predicted octanol–water partition coefficient (Wildman–Crippen LogP) is 0.233. The molecule has 0 bridgehead atoms. The number of carbonyl (C=O) groups excluding carboxylic acids is 1. The average Bonchev–Trinajstić information content (AvgIpc) is 2.23. The van der Waals surface area contributed by atoms with Gasteiger partial charge in [-0.2, -0.15) is 0 Å². The Balaban J connectivity index is 1.99. The normalized spacial score (nSPS) is 25.7. The SMILES string of the molecule is COC(=O)C(C1CNC1)N1CCCCC1. The Morgan fingerprint density at radius 2 is 2.00 bits per heavy atom. The van der Waals surface area contributed by atoms with Crippen LogP contribution in [0.15, 0.2) is 0 Å². The molecular weight excluding hydrogens is 192 g/mol. The monoisotopic (exact) mass is 212 g/mol. The molecule has 0 aromatic rings. The first kappa shape index (κ1) is 10.9. The van der Waals surface area contributed by atoms with Crippen LogP contribution in [0.4, 0.5) is 0 Å². The van der Waals surface area contributed by atoms with Crippen molar-refractivity contribution in [3.05, 3.63) is 0 Å². The fourth-order valence-corrected chi connectivity index (χ4v) is 2.49. The van der Waals surface area contributed by atoms with E-state index in [1.54, 1.807) is 0 Å².